The van der Waals surface area contributed by atoms with Crippen LogP contribution < -0.4 is 5.32 Å². The normalized spacial score (nSPS) is 31.2. The van der Waals surface area contributed by atoms with E-state index in [1.807, 2.05) is 0 Å². The Morgan fingerprint density at radius 3 is 2.08 bits per heavy atom. The molecule has 0 radical (unpaired) electrons. The fourth-order valence-corrected chi connectivity index (χ4v) is 2.31. The monoisotopic (exact) mass is 351 g/mol. The molecule has 1 aliphatic rings. The molecule has 138 valence electrons. The maximum Gasteiger partial charge on any atom is 0.326 e. The Hall–Kier alpha value is -1.79. The summed E-state index contributed by atoms with van der Waals surface area (Å²) in [5.41, 5.74) is 0. The molecule has 11 nitrogen and oxygen atoms in total. The first kappa shape index (κ1) is 20.3. The second-order valence-corrected chi connectivity index (χ2v) is 5.46. The third-order valence-electron chi connectivity index (χ3n) is 3.66. The molecule has 24 heavy (non-hydrogen) atoms. The minimum Gasteiger partial charge on any atom is -0.481 e. The predicted molar refractivity (Wildman–Crippen MR) is 74.8 cm³/mol. The van der Waals surface area contributed by atoms with Crippen molar-refractivity contribution in [2.24, 2.45) is 0 Å². The van der Waals surface area contributed by atoms with Gasteiger partial charge in [0.1, 0.15) is 30.5 Å². The van der Waals surface area contributed by atoms with E-state index >= 15 is 0 Å². The SMILES string of the molecule is O=C(O)CCC(NC(=O)CC1OC(CO)C(O)C(O)C1O)C(=O)O. The van der Waals surface area contributed by atoms with Crippen LogP contribution in [0.5, 0.6) is 0 Å². The Labute approximate surface area is 136 Å². The Morgan fingerprint density at radius 1 is 1.00 bits per heavy atom. The number of hydrogen-bond donors (Lipinski definition) is 7. The zero-order chi connectivity index (χ0) is 18.4. The summed E-state index contributed by atoms with van der Waals surface area (Å²) < 4.78 is 5.13. The van der Waals surface area contributed by atoms with Crippen molar-refractivity contribution in [2.75, 3.05) is 6.61 Å². The highest BCUT2D eigenvalue weighted by atomic mass is 16.5. The Balaban J connectivity index is 2.64. The number of rotatable bonds is 8. The molecule has 6 atom stereocenters. The highest BCUT2D eigenvalue weighted by Crippen LogP contribution is 2.23. The van der Waals surface area contributed by atoms with Crippen molar-refractivity contribution < 1.29 is 49.8 Å². The van der Waals surface area contributed by atoms with E-state index in [-0.39, 0.29) is 6.42 Å². The van der Waals surface area contributed by atoms with Crippen molar-refractivity contribution in [1.82, 2.24) is 5.32 Å². The van der Waals surface area contributed by atoms with E-state index in [0.29, 0.717) is 0 Å². The van der Waals surface area contributed by atoms with Crippen molar-refractivity contribution in [3.05, 3.63) is 0 Å². The summed E-state index contributed by atoms with van der Waals surface area (Å²) >= 11 is 0. The second-order valence-electron chi connectivity index (χ2n) is 5.46. The molecule has 1 heterocycles. The molecule has 11 heteroatoms. The Kier molecular flexibility index (Phi) is 7.51. The van der Waals surface area contributed by atoms with Crippen LogP contribution in [0.2, 0.25) is 0 Å². The number of hydrogen-bond acceptors (Lipinski definition) is 8. The van der Waals surface area contributed by atoms with Crippen molar-refractivity contribution in [2.45, 2.75) is 55.8 Å². The standard InChI is InChI=1S/C13H21NO10/c15-4-7-11(20)12(21)10(19)6(24-7)3-8(16)14-5(13(22)23)1-2-9(17)18/h5-7,10-12,15,19-21H,1-4H2,(H,14,16)(H,17,18)(H,22,23). The molecule has 0 spiro atoms. The molecule has 0 aliphatic carbocycles. The number of carboxylic acid groups (broad SMARTS) is 2. The number of carbonyl (C=O) groups is 3. The van der Waals surface area contributed by atoms with Crippen molar-refractivity contribution in [3.63, 3.8) is 0 Å². The number of aliphatic carboxylic acids is 2. The van der Waals surface area contributed by atoms with Crippen LogP contribution in [0.15, 0.2) is 0 Å². The number of aliphatic hydroxyl groups is 4. The van der Waals surface area contributed by atoms with Crippen LogP contribution in [0.1, 0.15) is 19.3 Å². The van der Waals surface area contributed by atoms with Gasteiger partial charge in [0.25, 0.3) is 0 Å². The van der Waals surface area contributed by atoms with Gasteiger partial charge in [-0.1, -0.05) is 0 Å². The van der Waals surface area contributed by atoms with Crippen LogP contribution in [-0.2, 0) is 19.1 Å². The molecule has 0 bridgehead atoms. The van der Waals surface area contributed by atoms with Crippen molar-refractivity contribution in [1.29, 1.82) is 0 Å². The summed E-state index contributed by atoms with van der Waals surface area (Å²) in [6.45, 7) is -0.653. The Bertz CT molecular complexity index is 468. The molecule has 1 rings (SSSR count). The van der Waals surface area contributed by atoms with Crippen LogP contribution in [-0.4, -0.2) is 91.7 Å². The summed E-state index contributed by atoms with van der Waals surface area (Å²) in [5.74, 6) is -3.49. The number of carbonyl (C=O) groups excluding carboxylic acids is 1. The zero-order valence-electron chi connectivity index (χ0n) is 12.6. The van der Waals surface area contributed by atoms with E-state index in [1.165, 1.54) is 0 Å². The fraction of sp³-hybridized carbons (Fsp3) is 0.769. The van der Waals surface area contributed by atoms with Gasteiger partial charge in [-0.2, -0.15) is 0 Å². The average molecular weight is 351 g/mol. The number of ether oxygens (including phenoxy) is 1. The van der Waals surface area contributed by atoms with E-state index in [9.17, 15) is 29.7 Å². The van der Waals surface area contributed by atoms with Gasteiger partial charge in [0.2, 0.25) is 5.91 Å². The largest absolute Gasteiger partial charge is 0.481 e. The first-order valence-electron chi connectivity index (χ1n) is 7.21. The maximum absolute atomic E-state index is 11.9. The van der Waals surface area contributed by atoms with Gasteiger partial charge >= 0.3 is 11.9 Å². The Morgan fingerprint density at radius 2 is 1.58 bits per heavy atom. The molecule has 1 fully saturated rings. The lowest BCUT2D eigenvalue weighted by Crippen LogP contribution is -2.59. The van der Waals surface area contributed by atoms with Crippen LogP contribution in [0.25, 0.3) is 0 Å². The minimum atomic E-state index is -1.64. The molecule has 6 unspecified atom stereocenters. The molecule has 0 aromatic rings. The lowest BCUT2D eigenvalue weighted by Gasteiger charge is -2.39. The van der Waals surface area contributed by atoms with E-state index in [0.717, 1.165) is 0 Å². The number of amides is 1. The smallest absolute Gasteiger partial charge is 0.326 e. The molecule has 0 aromatic heterocycles. The van der Waals surface area contributed by atoms with E-state index < -0.39 is 73.9 Å². The zero-order valence-corrected chi connectivity index (χ0v) is 12.6. The molecule has 1 saturated heterocycles. The summed E-state index contributed by atoms with van der Waals surface area (Å²) in [4.78, 5) is 33.4. The van der Waals surface area contributed by atoms with E-state index in [1.54, 1.807) is 0 Å². The molecular weight excluding hydrogens is 330 g/mol. The van der Waals surface area contributed by atoms with Crippen LogP contribution in [0.4, 0.5) is 0 Å². The van der Waals surface area contributed by atoms with E-state index in [2.05, 4.69) is 5.32 Å². The second kappa shape index (κ2) is 8.89. The summed E-state index contributed by atoms with van der Waals surface area (Å²) in [6.07, 6.45) is -8.60. The van der Waals surface area contributed by atoms with Gasteiger partial charge in [-0.05, 0) is 6.42 Å². The van der Waals surface area contributed by atoms with Crippen LogP contribution in [0, 0.1) is 0 Å². The van der Waals surface area contributed by atoms with E-state index in [4.69, 9.17) is 20.1 Å². The summed E-state index contributed by atoms with van der Waals surface area (Å²) in [5, 5.41) is 57.7. The number of nitrogens with one attached hydrogen (secondary N) is 1. The number of aliphatic hydroxyl groups excluding tert-OH is 4. The molecule has 0 aromatic carbocycles. The van der Waals surface area contributed by atoms with Gasteiger partial charge in [-0.15, -0.1) is 0 Å². The molecule has 7 N–H and O–H groups in total. The molecule has 0 saturated carbocycles. The first-order chi connectivity index (χ1) is 11.2. The summed E-state index contributed by atoms with van der Waals surface area (Å²) in [6, 6.07) is -1.43. The van der Waals surface area contributed by atoms with Crippen molar-refractivity contribution in [3.8, 4) is 0 Å². The van der Waals surface area contributed by atoms with Crippen LogP contribution >= 0.6 is 0 Å². The topological polar surface area (TPSA) is 194 Å². The fourth-order valence-electron chi connectivity index (χ4n) is 2.31. The third kappa shape index (κ3) is 5.39. The van der Waals surface area contributed by atoms with Gasteiger partial charge in [0.15, 0.2) is 0 Å². The van der Waals surface area contributed by atoms with Gasteiger partial charge in [-0.3, -0.25) is 9.59 Å². The highest BCUT2D eigenvalue weighted by Gasteiger charge is 2.44. The van der Waals surface area contributed by atoms with Gasteiger partial charge < -0.3 is 40.7 Å². The molecule has 1 aliphatic heterocycles. The summed E-state index contributed by atoms with van der Waals surface area (Å²) in [7, 11) is 0. The van der Waals surface area contributed by atoms with Crippen LogP contribution in [0.3, 0.4) is 0 Å². The lowest BCUT2D eigenvalue weighted by atomic mass is 9.93. The maximum atomic E-state index is 11.9. The first-order valence-corrected chi connectivity index (χ1v) is 7.21. The highest BCUT2D eigenvalue weighted by molar-refractivity contribution is 5.84. The molecule has 1 amide bonds. The van der Waals surface area contributed by atoms with Gasteiger partial charge in [-0.25, -0.2) is 4.79 Å². The lowest BCUT2D eigenvalue weighted by molar-refractivity contribution is -0.229. The van der Waals surface area contributed by atoms with Crippen molar-refractivity contribution >= 4 is 17.8 Å². The minimum absolute atomic E-state index is 0.328. The predicted octanol–water partition coefficient (Wildman–Crippen LogP) is -3.35. The molecular formula is C13H21NO10. The van der Waals surface area contributed by atoms with Gasteiger partial charge in [0.05, 0.1) is 19.1 Å². The third-order valence-corrected chi connectivity index (χ3v) is 3.66. The average Bonchev–Trinajstić information content (AvgIpc) is 2.51. The number of carboxylic acids is 2. The quantitative estimate of drug-likeness (QED) is 0.232. The van der Waals surface area contributed by atoms with Gasteiger partial charge in [0, 0.05) is 6.42 Å².